The smallest absolute Gasteiger partial charge is 0.251 e. The van der Waals surface area contributed by atoms with Crippen LogP contribution in [0, 0.1) is 0 Å². The van der Waals surface area contributed by atoms with Crippen molar-refractivity contribution >= 4 is 11.7 Å². The Morgan fingerprint density at radius 3 is 2.94 bits per heavy atom. The zero-order chi connectivity index (χ0) is 13.0. The molecule has 98 valence electrons. The van der Waals surface area contributed by atoms with Crippen LogP contribution >= 0.6 is 0 Å². The van der Waals surface area contributed by atoms with Crippen molar-refractivity contribution < 1.29 is 9.90 Å². The molecule has 1 heterocycles. The fraction of sp³-hybridized carbons (Fsp3) is 0.538. The van der Waals surface area contributed by atoms with Gasteiger partial charge < -0.3 is 16.2 Å². The zero-order valence-electron chi connectivity index (χ0n) is 10.3. The van der Waals surface area contributed by atoms with Crippen molar-refractivity contribution in [1.82, 2.24) is 10.3 Å². The van der Waals surface area contributed by atoms with E-state index in [2.05, 4.69) is 10.3 Å². The summed E-state index contributed by atoms with van der Waals surface area (Å²) in [6, 6.07) is 3.00. The minimum atomic E-state index is -0.448. The summed E-state index contributed by atoms with van der Waals surface area (Å²) in [4.78, 5) is 15.9. The highest BCUT2D eigenvalue weighted by molar-refractivity contribution is 5.94. The number of nitrogens with one attached hydrogen (secondary N) is 1. The van der Waals surface area contributed by atoms with Gasteiger partial charge in [0.05, 0.1) is 12.1 Å². The van der Waals surface area contributed by atoms with Gasteiger partial charge in [-0.3, -0.25) is 4.79 Å². The van der Waals surface area contributed by atoms with Gasteiger partial charge in [-0.25, -0.2) is 4.98 Å². The van der Waals surface area contributed by atoms with Crippen LogP contribution < -0.4 is 11.1 Å². The summed E-state index contributed by atoms with van der Waals surface area (Å²) in [5, 5.41) is 12.8. The average molecular weight is 249 g/mol. The Morgan fingerprint density at radius 2 is 2.17 bits per heavy atom. The number of hydrogen-bond donors (Lipinski definition) is 3. The van der Waals surface area contributed by atoms with E-state index in [-0.39, 0.29) is 11.9 Å². The maximum Gasteiger partial charge on any atom is 0.251 e. The van der Waals surface area contributed by atoms with E-state index in [0.29, 0.717) is 11.4 Å². The number of amides is 1. The SMILES string of the molecule is Nc1cc(C(=O)NC2CCCCCC2O)ccn1. The molecule has 0 bridgehead atoms. The van der Waals surface area contributed by atoms with Crippen LogP contribution in [0.1, 0.15) is 42.5 Å². The first kappa shape index (κ1) is 12.8. The molecule has 1 aromatic heterocycles. The molecule has 1 fully saturated rings. The van der Waals surface area contributed by atoms with Crippen molar-refractivity contribution in [3.05, 3.63) is 23.9 Å². The zero-order valence-corrected chi connectivity index (χ0v) is 10.3. The molecule has 1 amide bonds. The summed E-state index contributed by atoms with van der Waals surface area (Å²) in [7, 11) is 0. The van der Waals surface area contributed by atoms with Gasteiger partial charge >= 0.3 is 0 Å². The van der Waals surface area contributed by atoms with Gasteiger partial charge in [0, 0.05) is 11.8 Å². The van der Waals surface area contributed by atoms with Gasteiger partial charge in [0.2, 0.25) is 0 Å². The second-order valence-corrected chi connectivity index (χ2v) is 4.75. The second-order valence-electron chi connectivity index (χ2n) is 4.75. The van der Waals surface area contributed by atoms with Crippen molar-refractivity contribution in [2.24, 2.45) is 0 Å². The molecule has 1 aliphatic carbocycles. The van der Waals surface area contributed by atoms with E-state index in [1.165, 1.54) is 6.20 Å². The molecule has 4 N–H and O–H groups in total. The van der Waals surface area contributed by atoms with Crippen LogP contribution in [-0.2, 0) is 0 Å². The first-order valence-corrected chi connectivity index (χ1v) is 6.37. The van der Waals surface area contributed by atoms with Crippen LogP contribution in [0.2, 0.25) is 0 Å². The van der Waals surface area contributed by atoms with E-state index >= 15 is 0 Å². The minimum absolute atomic E-state index is 0.158. The molecule has 2 rings (SSSR count). The van der Waals surface area contributed by atoms with Gasteiger partial charge in [0.1, 0.15) is 5.82 Å². The van der Waals surface area contributed by atoms with E-state index in [4.69, 9.17) is 5.73 Å². The molecule has 0 spiro atoms. The summed E-state index contributed by atoms with van der Waals surface area (Å²) in [5.74, 6) is 0.124. The lowest BCUT2D eigenvalue weighted by atomic mass is 10.1. The maximum absolute atomic E-state index is 12.0. The number of carbonyl (C=O) groups excluding carboxylic acids is 1. The van der Waals surface area contributed by atoms with Gasteiger partial charge in [-0.05, 0) is 25.0 Å². The number of aliphatic hydroxyl groups excluding tert-OH is 1. The van der Waals surface area contributed by atoms with E-state index < -0.39 is 6.10 Å². The largest absolute Gasteiger partial charge is 0.391 e. The molecule has 1 saturated carbocycles. The van der Waals surface area contributed by atoms with Crippen LogP contribution in [-0.4, -0.2) is 28.1 Å². The number of nitrogens with two attached hydrogens (primary N) is 1. The van der Waals surface area contributed by atoms with Crippen molar-refractivity contribution in [1.29, 1.82) is 0 Å². The molecular formula is C13H19N3O2. The van der Waals surface area contributed by atoms with E-state index in [1.807, 2.05) is 0 Å². The Bertz CT molecular complexity index is 422. The van der Waals surface area contributed by atoms with Crippen molar-refractivity contribution in [3.8, 4) is 0 Å². The molecule has 2 atom stereocenters. The van der Waals surface area contributed by atoms with Crippen molar-refractivity contribution in [2.75, 3.05) is 5.73 Å². The van der Waals surface area contributed by atoms with Gasteiger partial charge in [-0.1, -0.05) is 19.3 Å². The summed E-state index contributed by atoms with van der Waals surface area (Å²) < 4.78 is 0. The molecule has 1 aromatic rings. The molecule has 0 radical (unpaired) electrons. The first-order valence-electron chi connectivity index (χ1n) is 6.37. The Morgan fingerprint density at radius 1 is 1.39 bits per heavy atom. The normalized spacial score (nSPS) is 24.3. The van der Waals surface area contributed by atoms with Crippen molar-refractivity contribution in [3.63, 3.8) is 0 Å². The van der Waals surface area contributed by atoms with Crippen molar-refractivity contribution in [2.45, 2.75) is 44.2 Å². The highest BCUT2D eigenvalue weighted by Gasteiger charge is 2.23. The Balaban J connectivity index is 2.01. The average Bonchev–Trinajstić information content (AvgIpc) is 2.55. The number of nitrogens with zero attached hydrogens (tertiary/aromatic N) is 1. The van der Waals surface area contributed by atoms with Crippen LogP contribution in [0.25, 0.3) is 0 Å². The number of pyridine rings is 1. The number of rotatable bonds is 2. The molecule has 5 nitrogen and oxygen atoms in total. The monoisotopic (exact) mass is 249 g/mol. The van der Waals surface area contributed by atoms with Gasteiger partial charge in [0.15, 0.2) is 0 Å². The lowest BCUT2D eigenvalue weighted by Crippen LogP contribution is -2.42. The van der Waals surface area contributed by atoms with Crippen LogP contribution in [0.5, 0.6) is 0 Å². The quantitative estimate of drug-likeness (QED) is 0.684. The van der Waals surface area contributed by atoms with E-state index in [1.54, 1.807) is 12.1 Å². The topological polar surface area (TPSA) is 88.2 Å². The van der Waals surface area contributed by atoms with E-state index in [0.717, 1.165) is 32.1 Å². The summed E-state index contributed by atoms with van der Waals surface area (Å²) in [5.41, 5.74) is 6.03. The molecule has 2 unspecified atom stereocenters. The predicted octanol–water partition coefficient (Wildman–Crippen LogP) is 1.09. The number of nitrogen functional groups attached to an aromatic ring is 1. The van der Waals surface area contributed by atoms with Crippen LogP contribution in [0.15, 0.2) is 18.3 Å². The van der Waals surface area contributed by atoms with Gasteiger partial charge in [0.25, 0.3) is 5.91 Å². The predicted molar refractivity (Wildman–Crippen MR) is 69.0 cm³/mol. The third-order valence-electron chi connectivity index (χ3n) is 3.34. The molecule has 18 heavy (non-hydrogen) atoms. The summed E-state index contributed by atoms with van der Waals surface area (Å²) >= 11 is 0. The fourth-order valence-electron chi connectivity index (χ4n) is 2.30. The van der Waals surface area contributed by atoms with Gasteiger partial charge in [-0.2, -0.15) is 0 Å². The number of aliphatic hydroxyl groups is 1. The molecule has 0 aliphatic heterocycles. The molecule has 1 aliphatic rings. The van der Waals surface area contributed by atoms with Crippen LogP contribution in [0.4, 0.5) is 5.82 Å². The molecule has 0 saturated heterocycles. The third-order valence-corrected chi connectivity index (χ3v) is 3.34. The highest BCUT2D eigenvalue weighted by Crippen LogP contribution is 2.18. The minimum Gasteiger partial charge on any atom is -0.391 e. The number of hydrogen-bond acceptors (Lipinski definition) is 4. The fourth-order valence-corrected chi connectivity index (χ4v) is 2.30. The Labute approximate surface area is 106 Å². The summed E-state index contributed by atoms with van der Waals surface area (Å²) in [6.07, 6.45) is 5.82. The standard InChI is InChI=1S/C13H19N3O2/c14-12-8-9(6-7-15-12)13(18)16-10-4-2-1-3-5-11(10)17/h6-8,10-11,17H,1-5H2,(H2,14,15)(H,16,18). The lowest BCUT2D eigenvalue weighted by Gasteiger charge is -2.21. The van der Waals surface area contributed by atoms with Gasteiger partial charge in [-0.15, -0.1) is 0 Å². The number of anilines is 1. The maximum atomic E-state index is 12.0. The Kier molecular flexibility index (Phi) is 4.15. The van der Waals surface area contributed by atoms with E-state index in [9.17, 15) is 9.90 Å². The van der Waals surface area contributed by atoms with Crippen LogP contribution in [0.3, 0.4) is 0 Å². The third kappa shape index (κ3) is 3.20. The number of carbonyl (C=O) groups is 1. The molecular weight excluding hydrogens is 230 g/mol. The Hall–Kier alpha value is -1.62. The molecule has 0 aromatic carbocycles. The summed E-state index contributed by atoms with van der Waals surface area (Å²) in [6.45, 7) is 0. The lowest BCUT2D eigenvalue weighted by molar-refractivity contribution is 0.0818. The highest BCUT2D eigenvalue weighted by atomic mass is 16.3. The number of aromatic nitrogens is 1. The first-order chi connectivity index (χ1) is 8.66. The molecule has 5 heteroatoms. The second kappa shape index (κ2) is 5.82.